The number of benzene rings is 2. The largest absolute Gasteiger partial charge is 0.487 e. The quantitative estimate of drug-likeness (QED) is 0.749. The molecule has 5 nitrogen and oxygen atoms in total. The summed E-state index contributed by atoms with van der Waals surface area (Å²) < 4.78 is 46.0. The minimum Gasteiger partial charge on any atom is -0.487 e. The highest BCUT2D eigenvalue weighted by molar-refractivity contribution is 5.73. The van der Waals surface area contributed by atoms with E-state index in [0.717, 1.165) is 56.5 Å². The number of rotatable bonds is 6. The lowest BCUT2D eigenvalue weighted by molar-refractivity contribution is -0.137. The van der Waals surface area contributed by atoms with E-state index in [0.29, 0.717) is 31.1 Å². The van der Waals surface area contributed by atoms with Crippen molar-refractivity contribution in [2.75, 3.05) is 57.3 Å². The molecule has 8 heteroatoms. The number of hydrogen-bond acceptors (Lipinski definition) is 5. The maximum Gasteiger partial charge on any atom is 0.416 e. The van der Waals surface area contributed by atoms with Crippen LogP contribution in [0.1, 0.15) is 17.5 Å². The Labute approximate surface area is 180 Å². The number of aliphatic hydroxyl groups excluding tert-OH is 1. The van der Waals surface area contributed by atoms with Crippen molar-refractivity contribution in [1.29, 1.82) is 0 Å². The molecular formula is C23H28F3N3O2. The molecule has 2 aromatic rings. The summed E-state index contributed by atoms with van der Waals surface area (Å²) in [6.45, 7) is 6.43. The lowest BCUT2D eigenvalue weighted by Crippen LogP contribution is -2.47. The summed E-state index contributed by atoms with van der Waals surface area (Å²) in [5.74, 6) is 0.474. The normalized spacial score (nSPS) is 17.6. The number of nitrogens with zero attached hydrogens (tertiary/aromatic N) is 3. The van der Waals surface area contributed by atoms with Crippen LogP contribution in [-0.2, 0) is 12.8 Å². The summed E-state index contributed by atoms with van der Waals surface area (Å²) in [4.78, 5) is 6.59. The molecule has 0 spiro atoms. The summed E-state index contributed by atoms with van der Waals surface area (Å²) in [5, 5.41) is 9.08. The molecule has 0 aliphatic carbocycles. The molecular weight excluding hydrogens is 407 g/mol. The second kappa shape index (κ2) is 9.46. The van der Waals surface area contributed by atoms with Crippen molar-refractivity contribution in [3.05, 3.63) is 53.6 Å². The minimum absolute atomic E-state index is 0.176. The Kier molecular flexibility index (Phi) is 6.69. The molecule has 2 heterocycles. The van der Waals surface area contributed by atoms with Gasteiger partial charge in [0.15, 0.2) is 0 Å². The smallest absolute Gasteiger partial charge is 0.416 e. The monoisotopic (exact) mass is 435 g/mol. The van der Waals surface area contributed by atoms with Crippen molar-refractivity contribution in [2.45, 2.75) is 19.2 Å². The van der Waals surface area contributed by atoms with Crippen molar-refractivity contribution >= 4 is 11.4 Å². The summed E-state index contributed by atoms with van der Waals surface area (Å²) in [6, 6.07) is 11.4. The van der Waals surface area contributed by atoms with E-state index < -0.39 is 11.7 Å². The average molecular weight is 435 g/mol. The zero-order chi connectivity index (χ0) is 21.8. The third kappa shape index (κ3) is 5.14. The highest BCUT2D eigenvalue weighted by Crippen LogP contribution is 2.42. The molecule has 0 unspecified atom stereocenters. The summed E-state index contributed by atoms with van der Waals surface area (Å²) in [5.41, 5.74) is 1.66. The average Bonchev–Trinajstić information content (AvgIpc) is 2.91. The molecule has 31 heavy (non-hydrogen) atoms. The molecule has 168 valence electrons. The number of fused-ring (bicyclic) bond motifs is 2. The number of hydrogen-bond donors (Lipinski definition) is 1. The van der Waals surface area contributed by atoms with Crippen LogP contribution in [0.5, 0.6) is 5.75 Å². The van der Waals surface area contributed by atoms with Gasteiger partial charge in [-0.1, -0.05) is 18.2 Å². The van der Waals surface area contributed by atoms with E-state index in [2.05, 4.69) is 9.80 Å². The Morgan fingerprint density at radius 3 is 2.29 bits per heavy atom. The van der Waals surface area contributed by atoms with E-state index >= 15 is 0 Å². The summed E-state index contributed by atoms with van der Waals surface area (Å²) in [7, 11) is 0. The Hall–Kier alpha value is -2.29. The predicted octanol–water partition coefficient (Wildman–Crippen LogP) is 3.74. The maximum atomic E-state index is 13.4. The van der Waals surface area contributed by atoms with Crippen LogP contribution in [0, 0.1) is 0 Å². The van der Waals surface area contributed by atoms with Gasteiger partial charge in [0.05, 0.1) is 17.9 Å². The first-order valence-electron chi connectivity index (χ1n) is 10.7. The van der Waals surface area contributed by atoms with Gasteiger partial charge in [0.1, 0.15) is 12.4 Å². The Balaban J connectivity index is 1.51. The van der Waals surface area contributed by atoms with Crippen LogP contribution in [0.25, 0.3) is 0 Å². The van der Waals surface area contributed by atoms with Gasteiger partial charge in [-0.15, -0.1) is 0 Å². The standard InChI is InChI=1S/C23H28F3N3O2/c24-23(25,26)19-6-7-22-21(16-19)29(20-5-2-1-4-18(20)17-31-22)9-3-8-27-10-12-28(13-11-27)14-15-30/h1-2,4-7,16,30H,3,8-15,17H2. The third-order valence-corrected chi connectivity index (χ3v) is 5.98. The molecule has 0 aromatic heterocycles. The van der Waals surface area contributed by atoms with E-state index in [-0.39, 0.29) is 6.61 Å². The molecule has 0 atom stereocenters. The highest BCUT2D eigenvalue weighted by Gasteiger charge is 2.33. The molecule has 2 aliphatic heterocycles. The molecule has 0 radical (unpaired) electrons. The van der Waals surface area contributed by atoms with Gasteiger partial charge < -0.3 is 19.6 Å². The van der Waals surface area contributed by atoms with Gasteiger partial charge in [-0.3, -0.25) is 4.90 Å². The van der Waals surface area contributed by atoms with E-state index in [1.807, 2.05) is 29.2 Å². The molecule has 2 aromatic carbocycles. The van der Waals surface area contributed by atoms with E-state index in [1.165, 1.54) is 12.1 Å². The Bertz CT molecular complexity index is 883. The van der Waals surface area contributed by atoms with Crippen LogP contribution in [0.15, 0.2) is 42.5 Å². The number of β-amino-alcohol motifs (C(OH)–C–C–N with tert-alkyl or cyclic N) is 1. The number of para-hydroxylation sites is 1. The van der Waals surface area contributed by atoms with Gasteiger partial charge in [-0.25, -0.2) is 0 Å². The number of anilines is 2. The Morgan fingerprint density at radius 1 is 0.871 bits per heavy atom. The van der Waals surface area contributed by atoms with Crippen LogP contribution in [0.3, 0.4) is 0 Å². The first-order valence-corrected chi connectivity index (χ1v) is 10.7. The molecule has 0 amide bonds. The van der Waals surface area contributed by atoms with Gasteiger partial charge in [-0.2, -0.15) is 13.2 Å². The van der Waals surface area contributed by atoms with Crippen molar-refractivity contribution < 1.29 is 23.0 Å². The first kappa shape index (κ1) is 21.9. The van der Waals surface area contributed by atoms with Gasteiger partial charge in [-0.05, 0) is 37.2 Å². The molecule has 1 N–H and O–H groups in total. The van der Waals surface area contributed by atoms with Crippen molar-refractivity contribution in [3.8, 4) is 5.75 Å². The van der Waals surface area contributed by atoms with Gasteiger partial charge in [0.2, 0.25) is 0 Å². The van der Waals surface area contributed by atoms with Crippen molar-refractivity contribution in [1.82, 2.24) is 9.80 Å². The van der Waals surface area contributed by atoms with Gasteiger partial charge >= 0.3 is 6.18 Å². The number of alkyl halides is 3. The van der Waals surface area contributed by atoms with Crippen LogP contribution in [0.2, 0.25) is 0 Å². The zero-order valence-electron chi connectivity index (χ0n) is 17.4. The molecule has 0 bridgehead atoms. The molecule has 2 aliphatic rings. The van der Waals surface area contributed by atoms with Crippen LogP contribution in [0.4, 0.5) is 24.5 Å². The maximum absolute atomic E-state index is 13.4. The van der Waals surface area contributed by atoms with Crippen LogP contribution in [-0.4, -0.2) is 67.3 Å². The second-order valence-electron chi connectivity index (χ2n) is 8.01. The van der Waals surface area contributed by atoms with E-state index in [4.69, 9.17) is 9.84 Å². The second-order valence-corrected chi connectivity index (χ2v) is 8.01. The predicted molar refractivity (Wildman–Crippen MR) is 114 cm³/mol. The number of ether oxygens (including phenoxy) is 1. The third-order valence-electron chi connectivity index (χ3n) is 5.98. The van der Waals surface area contributed by atoms with Crippen molar-refractivity contribution in [2.24, 2.45) is 0 Å². The van der Waals surface area contributed by atoms with Crippen LogP contribution < -0.4 is 9.64 Å². The lowest BCUT2D eigenvalue weighted by atomic mass is 10.1. The fourth-order valence-corrected chi connectivity index (χ4v) is 4.28. The number of piperazine rings is 1. The van der Waals surface area contributed by atoms with E-state index in [1.54, 1.807) is 0 Å². The fourth-order valence-electron chi connectivity index (χ4n) is 4.28. The molecule has 0 saturated carbocycles. The minimum atomic E-state index is -4.40. The summed E-state index contributed by atoms with van der Waals surface area (Å²) >= 11 is 0. The summed E-state index contributed by atoms with van der Waals surface area (Å²) in [6.07, 6.45) is -3.58. The van der Waals surface area contributed by atoms with Gasteiger partial charge in [0, 0.05) is 50.5 Å². The molecule has 4 rings (SSSR count). The number of aliphatic hydroxyl groups is 1. The number of halogens is 3. The lowest BCUT2D eigenvalue weighted by Gasteiger charge is -2.35. The Morgan fingerprint density at radius 2 is 1.58 bits per heavy atom. The van der Waals surface area contributed by atoms with Crippen LogP contribution >= 0.6 is 0 Å². The fraction of sp³-hybridized carbons (Fsp3) is 0.478. The van der Waals surface area contributed by atoms with Gasteiger partial charge in [0.25, 0.3) is 0 Å². The highest BCUT2D eigenvalue weighted by atomic mass is 19.4. The zero-order valence-corrected chi connectivity index (χ0v) is 17.4. The van der Waals surface area contributed by atoms with E-state index in [9.17, 15) is 13.2 Å². The molecule has 1 fully saturated rings. The van der Waals surface area contributed by atoms with Crippen molar-refractivity contribution in [3.63, 3.8) is 0 Å². The first-order chi connectivity index (χ1) is 15.0. The topological polar surface area (TPSA) is 39.2 Å². The molecule has 1 saturated heterocycles. The SMILES string of the molecule is OCCN1CCN(CCCN2c3ccccc3COc3ccc(C(F)(F)F)cc32)CC1.